The first-order chi connectivity index (χ1) is 8.70. The summed E-state index contributed by atoms with van der Waals surface area (Å²) >= 11 is 0. The fourth-order valence-electron chi connectivity index (χ4n) is 2.25. The van der Waals surface area contributed by atoms with Crippen LogP contribution in [0.3, 0.4) is 0 Å². The van der Waals surface area contributed by atoms with Crippen molar-refractivity contribution >= 4 is 11.8 Å². The highest BCUT2D eigenvalue weighted by Crippen LogP contribution is 2.37. The van der Waals surface area contributed by atoms with Crippen LogP contribution in [0.1, 0.15) is 53.4 Å². The van der Waals surface area contributed by atoms with Crippen LogP contribution in [0.5, 0.6) is 0 Å². The van der Waals surface area contributed by atoms with Gasteiger partial charge in [0.1, 0.15) is 11.5 Å². The summed E-state index contributed by atoms with van der Waals surface area (Å²) in [6.45, 7) is 7.28. The second-order valence-electron chi connectivity index (χ2n) is 6.34. The van der Waals surface area contributed by atoms with Gasteiger partial charge in [-0.25, -0.2) is 0 Å². The number of carbonyl (C=O) groups is 2. The summed E-state index contributed by atoms with van der Waals surface area (Å²) < 4.78 is 0. The zero-order valence-corrected chi connectivity index (χ0v) is 12.2. The Morgan fingerprint density at radius 1 is 1.26 bits per heavy atom. The van der Waals surface area contributed by atoms with E-state index in [-0.39, 0.29) is 17.4 Å². The van der Waals surface area contributed by atoms with Gasteiger partial charge >= 0.3 is 0 Å². The quantitative estimate of drug-likeness (QED) is 0.811. The van der Waals surface area contributed by atoms with Crippen LogP contribution in [-0.2, 0) is 9.59 Å². The molecule has 0 aromatic carbocycles. The first-order valence-electron chi connectivity index (χ1n) is 6.74. The van der Waals surface area contributed by atoms with Crippen LogP contribution in [-0.4, -0.2) is 23.4 Å². The van der Waals surface area contributed by atoms with Crippen molar-refractivity contribution in [2.75, 3.05) is 0 Å². The molecule has 0 radical (unpaired) electrons. The SMILES string of the molecule is CC(NC(=O)C1(C#N)CCCC1)C(=O)NC(C)(C)C. The van der Waals surface area contributed by atoms with E-state index in [2.05, 4.69) is 16.7 Å². The van der Waals surface area contributed by atoms with Gasteiger partial charge in [-0.1, -0.05) is 12.8 Å². The van der Waals surface area contributed by atoms with Crippen LogP contribution in [0.2, 0.25) is 0 Å². The molecule has 0 aliphatic heterocycles. The Hall–Kier alpha value is -1.57. The van der Waals surface area contributed by atoms with Crippen molar-refractivity contribution in [1.29, 1.82) is 5.26 Å². The van der Waals surface area contributed by atoms with Gasteiger partial charge in [-0.3, -0.25) is 9.59 Å². The lowest BCUT2D eigenvalue weighted by molar-refractivity contribution is -0.133. The molecule has 106 valence electrons. The second kappa shape index (κ2) is 5.60. The molecular formula is C14H23N3O2. The Morgan fingerprint density at radius 2 is 1.79 bits per heavy atom. The smallest absolute Gasteiger partial charge is 0.242 e. The van der Waals surface area contributed by atoms with Gasteiger partial charge in [0.05, 0.1) is 6.07 Å². The molecule has 0 aromatic rings. The molecule has 1 fully saturated rings. The molecule has 5 heteroatoms. The van der Waals surface area contributed by atoms with Crippen molar-refractivity contribution in [1.82, 2.24) is 10.6 Å². The van der Waals surface area contributed by atoms with Crippen molar-refractivity contribution in [3.05, 3.63) is 0 Å². The molecule has 0 aromatic heterocycles. The van der Waals surface area contributed by atoms with Gasteiger partial charge in [0.25, 0.3) is 0 Å². The molecule has 1 saturated carbocycles. The summed E-state index contributed by atoms with van der Waals surface area (Å²) in [7, 11) is 0. The number of amides is 2. The molecule has 19 heavy (non-hydrogen) atoms. The number of nitrogens with zero attached hydrogens (tertiary/aromatic N) is 1. The lowest BCUT2D eigenvalue weighted by Gasteiger charge is -2.26. The molecule has 0 heterocycles. The highest BCUT2D eigenvalue weighted by molar-refractivity contribution is 5.91. The molecule has 1 unspecified atom stereocenters. The van der Waals surface area contributed by atoms with E-state index in [1.54, 1.807) is 6.92 Å². The Kier molecular flexibility index (Phi) is 4.56. The summed E-state index contributed by atoms with van der Waals surface area (Å²) in [4.78, 5) is 24.1. The van der Waals surface area contributed by atoms with E-state index in [1.165, 1.54) is 0 Å². The van der Waals surface area contributed by atoms with E-state index in [9.17, 15) is 14.9 Å². The van der Waals surface area contributed by atoms with Crippen LogP contribution in [0.25, 0.3) is 0 Å². The zero-order chi connectivity index (χ0) is 14.7. The third-order valence-electron chi connectivity index (χ3n) is 3.34. The van der Waals surface area contributed by atoms with Gasteiger partial charge in [-0.15, -0.1) is 0 Å². The van der Waals surface area contributed by atoms with E-state index < -0.39 is 11.5 Å². The predicted octanol–water partition coefficient (Wildman–Crippen LogP) is 1.49. The molecule has 2 amide bonds. The van der Waals surface area contributed by atoms with Gasteiger partial charge in [0.15, 0.2) is 0 Å². The maximum Gasteiger partial charge on any atom is 0.242 e. The van der Waals surface area contributed by atoms with Crippen molar-refractivity contribution in [3.63, 3.8) is 0 Å². The summed E-state index contributed by atoms with van der Waals surface area (Å²) in [5, 5.41) is 14.7. The highest BCUT2D eigenvalue weighted by Gasteiger charge is 2.42. The molecule has 0 bridgehead atoms. The minimum atomic E-state index is -0.934. The number of rotatable bonds is 3. The average Bonchev–Trinajstić information content (AvgIpc) is 2.76. The monoisotopic (exact) mass is 265 g/mol. The Bertz CT molecular complexity index is 398. The molecule has 1 aliphatic carbocycles. The molecule has 1 rings (SSSR count). The minimum Gasteiger partial charge on any atom is -0.350 e. The van der Waals surface area contributed by atoms with E-state index in [4.69, 9.17) is 0 Å². The first kappa shape index (κ1) is 15.5. The fourth-order valence-corrected chi connectivity index (χ4v) is 2.25. The number of hydrogen-bond acceptors (Lipinski definition) is 3. The fraction of sp³-hybridized carbons (Fsp3) is 0.786. The van der Waals surface area contributed by atoms with Crippen LogP contribution in [0.4, 0.5) is 0 Å². The standard InChI is InChI=1S/C14H23N3O2/c1-10(11(18)17-13(2,3)4)16-12(19)14(9-15)7-5-6-8-14/h10H,5-8H2,1-4H3,(H,16,19)(H,17,18). The molecule has 5 nitrogen and oxygen atoms in total. The molecule has 1 atom stereocenters. The van der Waals surface area contributed by atoms with Gasteiger partial charge in [-0.2, -0.15) is 5.26 Å². The minimum absolute atomic E-state index is 0.230. The lowest BCUT2D eigenvalue weighted by Crippen LogP contribution is -2.53. The summed E-state index contributed by atoms with van der Waals surface area (Å²) in [6, 6.07) is 1.50. The van der Waals surface area contributed by atoms with Gasteiger partial charge in [0.2, 0.25) is 11.8 Å². The normalized spacial score (nSPS) is 19.3. The van der Waals surface area contributed by atoms with Crippen molar-refractivity contribution < 1.29 is 9.59 Å². The van der Waals surface area contributed by atoms with Gasteiger partial charge < -0.3 is 10.6 Å². The third-order valence-corrected chi connectivity index (χ3v) is 3.34. The van der Waals surface area contributed by atoms with E-state index in [0.29, 0.717) is 12.8 Å². The summed E-state index contributed by atoms with van der Waals surface area (Å²) in [6.07, 6.45) is 2.96. The van der Waals surface area contributed by atoms with Crippen LogP contribution in [0.15, 0.2) is 0 Å². The van der Waals surface area contributed by atoms with Crippen molar-refractivity contribution in [3.8, 4) is 6.07 Å². The van der Waals surface area contributed by atoms with Crippen LogP contribution >= 0.6 is 0 Å². The summed E-state index contributed by atoms with van der Waals surface area (Å²) in [5.74, 6) is -0.545. The molecule has 0 saturated heterocycles. The largest absolute Gasteiger partial charge is 0.350 e. The average molecular weight is 265 g/mol. The zero-order valence-electron chi connectivity index (χ0n) is 12.2. The van der Waals surface area contributed by atoms with E-state index in [0.717, 1.165) is 12.8 Å². The first-order valence-corrected chi connectivity index (χ1v) is 6.74. The number of nitriles is 1. The molecule has 1 aliphatic rings. The number of nitrogens with one attached hydrogen (secondary N) is 2. The van der Waals surface area contributed by atoms with E-state index >= 15 is 0 Å². The third kappa shape index (κ3) is 3.95. The van der Waals surface area contributed by atoms with Crippen LogP contribution in [0, 0.1) is 16.7 Å². The maximum atomic E-state index is 12.2. The maximum absolute atomic E-state index is 12.2. The Labute approximate surface area is 114 Å². The van der Waals surface area contributed by atoms with Gasteiger partial charge in [0, 0.05) is 5.54 Å². The Balaban J connectivity index is 2.62. The second-order valence-corrected chi connectivity index (χ2v) is 6.34. The van der Waals surface area contributed by atoms with Gasteiger partial charge in [-0.05, 0) is 40.5 Å². The molecule has 0 spiro atoms. The molecular weight excluding hydrogens is 242 g/mol. The Morgan fingerprint density at radius 3 is 2.21 bits per heavy atom. The number of carbonyl (C=O) groups excluding carboxylic acids is 2. The predicted molar refractivity (Wildman–Crippen MR) is 72.0 cm³/mol. The lowest BCUT2D eigenvalue weighted by atomic mass is 9.87. The van der Waals surface area contributed by atoms with E-state index in [1.807, 2.05) is 20.8 Å². The molecule has 2 N–H and O–H groups in total. The topological polar surface area (TPSA) is 82.0 Å². The summed E-state index contributed by atoms with van der Waals surface area (Å²) in [5.41, 5.74) is -1.27. The van der Waals surface area contributed by atoms with Crippen molar-refractivity contribution in [2.45, 2.75) is 65.0 Å². The van der Waals surface area contributed by atoms with Crippen LogP contribution < -0.4 is 10.6 Å². The number of hydrogen-bond donors (Lipinski definition) is 2. The highest BCUT2D eigenvalue weighted by atomic mass is 16.2. The van der Waals surface area contributed by atoms with Crippen molar-refractivity contribution in [2.24, 2.45) is 5.41 Å².